The van der Waals surface area contributed by atoms with Gasteiger partial charge in [0.05, 0.1) is 17.0 Å². The first-order valence-corrected chi connectivity index (χ1v) is 7.72. The van der Waals surface area contributed by atoms with E-state index in [1.54, 1.807) is 13.8 Å². The number of sulfonamides is 1. The van der Waals surface area contributed by atoms with Crippen LogP contribution in [0.3, 0.4) is 0 Å². The molecule has 1 rings (SSSR count). The molecule has 2 N–H and O–H groups in total. The predicted octanol–water partition coefficient (Wildman–Crippen LogP) is 0.450. The zero-order chi connectivity index (χ0) is 16.2. The lowest BCUT2D eigenvalue weighted by Crippen LogP contribution is -2.39. The Hall–Kier alpha value is -1.93. The Morgan fingerprint density at radius 1 is 1.33 bits per heavy atom. The molecule has 8 heteroatoms. The van der Waals surface area contributed by atoms with Crippen molar-refractivity contribution in [2.75, 3.05) is 20.1 Å². The standard InChI is InChI=1S/C13H18N2O5S/c1-4-15(8-12(16)14-3)21(19,20)11-7-10(13(17)18)6-5-9(11)2/h5-7H,4,8H2,1-3H3,(H,14,16)(H,17,18). The summed E-state index contributed by atoms with van der Waals surface area (Å²) in [5.41, 5.74) is 0.311. The fourth-order valence-corrected chi connectivity index (χ4v) is 3.41. The van der Waals surface area contributed by atoms with Gasteiger partial charge in [0.25, 0.3) is 0 Å². The number of hydrogen-bond donors (Lipinski definition) is 2. The van der Waals surface area contributed by atoms with Crippen LogP contribution in [0.5, 0.6) is 0 Å². The van der Waals surface area contributed by atoms with Crippen molar-refractivity contribution >= 4 is 21.9 Å². The number of hydrogen-bond acceptors (Lipinski definition) is 4. The summed E-state index contributed by atoms with van der Waals surface area (Å²) in [7, 11) is -2.52. The van der Waals surface area contributed by atoms with Gasteiger partial charge in [-0.1, -0.05) is 13.0 Å². The Labute approximate surface area is 123 Å². The van der Waals surface area contributed by atoms with Crippen molar-refractivity contribution in [3.05, 3.63) is 29.3 Å². The van der Waals surface area contributed by atoms with Gasteiger partial charge in [0.15, 0.2) is 0 Å². The van der Waals surface area contributed by atoms with Crippen LogP contribution in [0.1, 0.15) is 22.8 Å². The normalized spacial score (nSPS) is 11.4. The van der Waals surface area contributed by atoms with E-state index >= 15 is 0 Å². The van der Waals surface area contributed by atoms with Crippen LogP contribution in [-0.4, -0.2) is 49.8 Å². The number of aromatic carboxylic acids is 1. The summed E-state index contributed by atoms with van der Waals surface area (Å²) in [6.07, 6.45) is 0. The second-order valence-electron chi connectivity index (χ2n) is 4.39. The van der Waals surface area contributed by atoms with Crippen molar-refractivity contribution in [2.45, 2.75) is 18.7 Å². The molecule has 0 bridgehead atoms. The third kappa shape index (κ3) is 3.79. The number of likely N-dealkylation sites (N-methyl/N-ethyl adjacent to an activating group) is 2. The first kappa shape index (κ1) is 17.1. The molecule has 0 unspecified atom stereocenters. The zero-order valence-corrected chi connectivity index (χ0v) is 12.9. The highest BCUT2D eigenvalue weighted by atomic mass is 32.2. The summed E-state index contributed by atoms with van der Waals surface area (Å²) in [6.45, 7) is 2.97. The molecular weight excluding hydrogens is 296 g/mol. The second kappa shape index (κ2) is 6.68. The van der Waals surface area contributed by atoms with E-state index in [9.17, 15) is 18.0 Å². The Morgan fingerprint density at radius 3 is 2.43 bits per heavy atom. The summed E-state index contributed by atoms with van der Waals surface area (Å²) in [5.74, 6) is -1.65. The van der Waals surface area contributed by atoms with Crippen LogP contribution in [-0.2, 0) is 14.8 Å². The molecule has 0 aliphatic rings. The second-order valence-corrected chi connectivity index (χ2v) is 6.30. The first-order chi connectivity index (χ1) is 9.73. The summed E-state index contributed by atoms with van der Waals surface area (Å²) in [4.78, 5) is 22.3. The van der Waals surface area contributed by atoms with Crippen LogP contribution in [0.4, 0.5) is 0 Å². The summed E-state index contributed by atoms with van der Waals surface area (Å²) < 4.78 is 26.1. The number of benzene rings is 1. The van der Waals surface area contributed by atoms with Gasteiger partial charge in [-0.2, -0.15) is 4.31 Å². The maximum absolute atomic E-state index is 12.6. The average molecular weight is 314 g/mol. The summed E-state index contributed by atoms with van der Waals surface area (Å²) >= 11 is 0. The molecular formula is C13H18N2O5S. The quantitative estimate of drug-likeness (QED) is 0.793. The van der Waals surface area contributed by atoms with Gasteiger partial charge in [0.2, 0.25) is 15.9 Å². The summed E-state index contributed by atoms with van der Waals surface area (Å²) in [6, 6.07) is 3.88. The molecule has 116 valence electrons. The van der Waals surface area contributed by atoms with E-state index in [-0.39, 0.29) is 23.5 Å². The molecule has 1 amide bonds. The molecule has 0 aliphatic carbocycles. The van der Waals surface area contributed by atoms with Crippen LogP contribution < -0.4 is 5.32 Å². The minimum absolute atomic E-state index is 0.104. The van der Waals surface area contributed by atoms with E-state index in [2.05, 4.69) is 5.32 Å². The molecule has 0 fully saturated rings. The number of amides is 1. The van der Waals surface area contributed by atoms with Gasteiger partial charge in [-0.15, -0.1) is 0 Å². The Balaban J connectivity index is 3.31. The maximum atomic E-state index is 12.6. The fourth-order valence-electron chi connectivity index (χ4n) is 1.76. The number of nitrogens with one attached hydrogen (secondary N) is 1. The van der Waals surface area contributed by atoms with E-state index < -0.39 is 21.9 Å². The Bertz CT molecular complexity index is 655. The lowest BCUT2D eigenvalue weighted by molar-refractivity contribution is -0.120. The number of carboxylic acid groups (broad SMARTS) is 1. The minimum atomic E-state index is -3.93. The van der Waals surface area contributed by atoms with E-state index in [1.165, 1.54) is 19.2 Å². The van der Waals surface area contributed by atoms with Gasteiger partial charge in [-0.05, 0) is 24.6 Å². The van der Waals surface area contributed by atoms with E-state index in [0.717, 1.165) is 10.4 Å². The van der Waals surface area contributed by atoms with Crippen molar-refractivity contribution in [1.82, 2.24) is 9.62 Å². The van der Waals surface area contributed by atoms with Crippen LogP contribution in [0.25, 0.3) is 0 Å². The lowest BCUT2D eigenvalue weighted by Gasteiger charge is -2.21. The van der Waals surface area contributed by atoms with Gasteiger partial charge in [-0.25, -0.2) is 13.2 Å². The van der Waals surface area contributed by atoms with Crippen molar-refractivity contribution < 1.29 is 23.1 Å². The van der Waals surface area contributed by atoms with Crippen molar-refractivity contribution in [3.8, 4) is 0 Å². The highest BCUT2D eigenvalue weighted by Gasteiger charge is 2.27. The molecule has 1 aromatic carbocycles. The first-order valence-electron chi connectivity index (χ1n) is 6.28. The van der Waals surface area contributed by atoms with Gasteiger partial charge in [-0.3, -0.25) is 4.79 Å². The molecule has 21 heavy (non-hydrogen) atoms. The number of carboxylic acids is 1. The van der Waals surface area contributed by atoms with Gasteiger partial charge < -0.3 is 10.4 Å². The van der Waals surface area contributed by atoms with E-state index in [1.807, 2.05) is 0 Å². The smallest absolute Gasteiger partial charge is 0.335 e. The molecule has 0 spiro atoms. The van der Waals surface area contributed by atoms with E-state index in [4.69, 9.17) is 5.11 Å². The molecule has 0 aliphatic heterocycles. The minimum Gasteiger partial charge on any atom is -0.478 e. The van der Waals surface area contributed by atoms with Crippen molar-refractivity contribution in [2.24, 2.45) is 0 Å². The number of aryl methyl sites for hydroxylation is 1. The molecule has 7 nitrogen and oxygen atoms in total. The third-order valence-electron chi connectivity index (χ3n) is 3.00. The molecule has 1 aromatic rings. The number of rotatable bonds is 6. The van der Waals surface area contributed by atoms with Crippen molar-refractivity contribution in [1.29, 1.82) is 0 Å². The summed E-state index contributed by atoms with van der Waals surface area (Å²) in [5, 5.41) is 11.3. The van der Waals surface area contributed by atoms with Gasteiger partial charge in [0.1, 0.15) is 0 Å². The number of carbonyl (C=O) groups excluding carboxylic acids is 1. The van der Waals surface area contributed by atoms with Crippen LogP contribution in [0, 0.1) is 6.92 Å². The molecule has 0 aromatic heterocycles. The van der Waals surface area contributed by atoms with Crippen molar-refractivity contribution in [3.63, 3.8) is 0 Å². The van der Waals surface area contributed by atoms with Crippen LogP contribution in [0.15, 0.2) is 23.1 Å². The van der Waals surface area contributed by atoms with Gasteiger partial charge >= 0.3 is 5.97 Å². The Morgan fingerprint density at radius 2 is 1.95 bits per heavy atom. The monoisotopic (exact) mass is 314 g/mol. The highest BCUT2D eigenvalue weighted by molar-refractivity contribution is 7.89. The van der Waals surface area contributed by atoms with Gasteiger partial charge in [0, 0.05) is 13.6 Å². The molecule has 0 saturated heterocycles. The van der Waals surface area contributed by atoms with Crippen LogP contribution in [0.2, 0.25) is 0 Å². The van der Waals surface area contributed by atoms with Crippen LogP contribution >= 0.6 is 0 Å². The van der Waals surface area contributed by atoms with E-state index in [0.29, 0.717) is 5.56 Å². The topological polar surface area (TPSA) is 104 Å². The molecule has 0 atom stereocenters. The average Bonchev–Trinajstić information content (AvgIpc) is 2.44. The predicted molar refractivity (Wildman–Crippen MR) is 76.6 cm³/mol. The number of carbonyl (C=O) groups is 2. The largest absolute Gasteiger partial charge is 0.478 e. The third-order valence-corrected chi connectivity index (χ3v) is 5.07. The lowest BCUT2D eigenvalue weighted by atomic mass is 10.1. The zero-order valence-electron chi connectivity index (χ0n) is 12.1. The maximum Gasteiger partial charge on any atom is 0.335 e. The SMILES string of the molecule is CCN(CC(=O)NC)S(=O)(=O)c1cc(C(=O)O)ccc1C. The molecule has 0 radical (unpaired) electrons. The Kier molecular flexibility index (Phi) is 5.45. The fraction of sp³-hybridized carbons (Fsp3) is 0.385. The highest BCUT2D eigenvalue weighted by Crippen LogP contribution is 2.21. The molecule has 0 saturated carbocycles. The molecule has 0 heterocycles. The number of nitrogens with zero attached hydrogens (tertiary/aromatic N) is 1.